The molecule has 2 amide bonds. The molecule has 0 saturated carbocycles. The molecule has 62 valence electrons. The Kier molecular flexibility index (Phi) is 2.84. The molecule has 0 unspecified atom stereocenters. The molecule has 0 saturated heterocycles. The minimum Gasteiger partial charge on any atom is -0.410 e. The number of carbonyl (C=O) groups excluding carboxylic acids is 2. The molecular formula is C8H7NO3. The van der Waals surface area contributed by atoms with Crippen molar-refractivity contribution in [1.82, 2.24) is 5.32 Å². The second kappa shape index (κ2) is 4.12. The molecule has 0 aliphatic heterocycles. The van der Waals surface area contributed by atoms with Crippen molar-refractivity contribution in [2.45, 2.75) is 0 Å². The molecule has 0 fully saturated rings. The summed E-state index contributed by atoms with van der Waals surface area (Å²) in [7, 11) is 0. The maximum Gasteiger partial charge on any atom is 0.419 e. The number of benzene rings is 1. The number of ether oxygens (including phenoxy) is 1. The Morgan fingerprint density at radius 1 is 1.33 bits per heavy atom. The van der Waals surface area contributed by atoms with Gasteiger partial charge in [0.25, 0.3) is 0 Å². The molecule has 0 heterocycles. The molecule has 0 aromatic heterocycles. The second-order valence-corrected chi connectivity index (χ2v) is 1.96. The monoisotopic (exact) mass is 165 g/mol. The smallest absolute Gasteiger partial charge is 0.410 e. The van der Waals surface area contributed by atoms with Crippen LogP contribution in [0.2, 0.25) is 0 Å². The highest BCUT2D eigenvalue weighted by atomic mass is 16.6. The van der Waals surface area contributed by atoms with Gasteiger partial charge in [-0.15, -0.1) is 0 Å². The van der Waals surface area contributed by atoms with Gasteiger partial charge in [0.2, 0.25) is 6.41 Å². The predicted octanol–water partition coefficient (Wildman–Crippen LogP) is 0.931. The zero-order valence-electron chi connectivity index (χ0n) is 6.19. The van der Waals surface area contributed by atoms with Crippen molar-refractivity contribution in [2.24, 2.45) is 0 Å². The molecule has 0 bridgehead atoms. The Labute approximate surface area is 69.1 Å². The number of hydrogen-bond acceptors (Lipinski definition) is 3. The van der Waals surface area contributed by atoms with Crippen LogP contribution in [-0.4, -0.2) is 12.5 Å². The van der Waals surface area contributed by atoms with Gasteiger partial charge >= 0.3 is 6.09 Å². The highest BCUT2D eigenvalue weighted by Gasteiger charge is 1.99. The van der Waals surface area contributed by atoms with E-state index in [2.05, 4.69) is 4.74 Å². The molecule has 0 aliphatic carbocycles. The predicted molar refractivity (Wildman–Crippen MR) is 41.7 cm³/mol. The lowest BCUT2D eigenvalue weighted by Gasteiger charge is -2.00. The summed E-state index contributed by atoms with van der Waals surface area (Å²) in [5, 5.41) is 1.85. The van der Waals surface area contributed by atoms with Crippen LogP contribution in [0.5, 0.6) is 5.75 Å². The number of rotatable bonds is 2. The summed E-state index contributed by atoms with van der Waals surface area (Å²) in [6.45, 7) is 0. The number of carbonyl (C=O) groups is 2. The first-order valence-electron chi connectivity index (χ1n) is 3.30. The lowest BCUT2D eigenvalue weighted by atomic mass is 10.3. The van der Waals surface area contributed by atoms with E-state index in [0.717, 1.165) is 0 Å². The van der Waals surface area contributed by atoms with Crippen LogP contribution in [0.15, 0.2) is 30.3 Å². The van der Waals surface area contributed by atoms with Crippen LogP contribution in [0.1, 0.15) is 0 Å². The van der Waals surface area contributed by atoms with Gasteiger partial charge in [0.1, 0.15) is 5.75 Å². The maximum absolute atomic E-state index is 10.6. The van der Waals surface area contributed by atoms with Crippen LogP contribution in [0.25, 0.3) is 0 Å². The van der Waals surface area contributed by atoms with Gasteiger partial charge in [-0.3, -0.25) is 10.1 Å². The quantitative estimate of drug-likeness (QED) is 0.663. The van der Waals surface area contributed by atoms with E-state index in [0.29, 0.717) is 5.75 Å². The van der Waals surface area contributed by atoms with Crippen LogP contribution in [0.4, 0.5) is 4.79 Å². The Bertz CT molecular complexity index is 271. The van der Waals surface area contributed by atoms with Crippen LogP contribution in [-0.2, 0) is 4.79 Å². The first-order valence-corrected chi connectivity index (χ1v) is 3.30. The third-order valence-electron chi connectivity index (χ3n) is 1.13. The number of amides is 2. The number of imide groups is 1. The molecule has 4 heteroatoms. The lowest BCUT2D eigenvalue weighted by molar-refractivity contribution is -0.108. The largest absolute Gasteiger partial charge is 0.419 e. The van der Waals surface area contributed by atoms with E-state index < -0.39 is 6.09 Å². The summed E-state index contributed by atoms with van der Waals surface area (Å²) < 4.78 is 4.67. The summed E-state index contributed by atoms with van der Waals surface area (Å²) in [6.07, 6.45) is -0.512. The molecule has 1 aromatic carbocycles. The SMILES string of the molecule is O=CNC(=O)Oc1ccccc1. The normalized spacial score (nSPS) is 8.67. The van der Waals surface area contributed by atoms with Crippen molar-refractivity contribution in [3.63, 3.8) is 0 Å². The summed E-state index contributed by atoms with van der Waals surface area (Å²) in [4.78, 5) is 20.4. The van der Waals surface area contributed by atoms with Gasteiger partial charge in [0, 0.05) is 0 Å². The van der Waals surface area contributed by atoms with E-state index >= 15 is 0 Å². The van der Waals surface area contributed by atoms with E-state index in [9.17, 15) is 9.59 Å². The minimum atomic E-state index is -0.781. The van der Waals surface area contributed by atoms with Crippen LogP contribution in [0.3, 0.4) is 0 Å². The highest BCUT2D eigenvalue weighted by Crippen LogP contribution is 2.07. The molecule has 1 aromatic rings. The van der Waals surface area contributed by atoms with Gasteiger partial charge in [0.05, 0.1) is 0 Å². The number of nitrogens with one attached hydrogen (secondary N) is 1. The molecule has 0 aliphatic rings. The van der Waals surface area contributed by atoms with Crippen molar-refractivity contribution in [3.05, 3.63) is 30.3 Å². The van der Waals surface area contributed by atoms with Gasteiger partial charge in [0.15, 0.2) is 0 Å². The third-order valence-corrected chi connectivity index (χ3v) is 1.13. The standard InChI is InChI=1S/C8H7NO3/c10-6-9-8(11)12-7-4-2-1-3-5-7/h1-6H,(H,9,10,11). The summed E-state index contributed by atoms with van der Waals surface area (Å²) in [5.41, 5.74) is 0. The van der Waals surface area contributed by atoms with Crippen molar-refractivity contribution >= 4 is 12.5 Å². The molecule has 1 N–H and O–H groups in total. The molecule has 0 atom stereocenters. The second-order valence-electron chi connectivity index (χ2n) is 1.96. The highest BCUT2D eigenvalue weighted by molar-refractivity contribution is 5.81. The third kappa shape index (κ3) is 2.42. The fourth-order valence-electron chi connectivity index (χ4n) is 0.673. The fourth-order valence-corrected chi connectivity index (χ4v) is 0.673. The van der Waals surface area contributed by atoms with Gasteiger partial charge in [-0.25, -0.2) is 4.79 Å². The molecular weight excluding hydrogens is 158 g/mol. The van der Waals surface area contributed by atoms with Gasteiger partial charge in [-0.1, -0.05) is 18.2 Å². The van der Waals surface area contributed by atoms with Crippen LogP contribution < -0.4 is 10.1 Å². The van der Waals surface area contributed by atoms with Crippen molar-refractivity contribution in [2.75, 3.05) is 0 Å². The van der Waals surface area contributed by atoms with Crippen molar-refractivity contribution in [1.29, 1.82) is 0 Å². The topological polar surface area (TPSA) is 55.4 Å². The molecule has 12 heavy (non-hydrogen) atoms. The van der Waals surface area contributed by atoms with E-state index in [1.54, 1.807) is 30.3 Å². The lowest BCUT2D eigenvalue weighted by Crippen LogP contribution is -2.24. The van der Waals surface area contributed by atoms with E-state index in [1.165, 1.54) is 0 Å². The zero-order valence-corrected chi connectivity index (χ0v) is 6.19. The minimum absolute atomic E-state index is 0.269. The zero-order chi connectivity index (χ0) is 8.81. The Hall–Kier alpha value is -1.84. The van der Waals surface area contributed by atoms with E-state index in [1.807, 2.05) is 5.32 Å². The average Bonchev–Trinajstić information content (AvgIpc) is 2.06. The van der Waals surface area contributed by atoms with Crippen LogP contribution >= 0.6 is 0 Å². The van der Waals surface area contributed by atoms with Crippen molar-refractivity contribution < 1.29 is 14.3 Å². The van der Waals surface area contributed by atoms with E-state index in [-0.39, 0.29) is 6.41 Å². The summed E-state index contributed by atoms with van der Waals surface area (Å²) >= 11 is 0. The maximum atomic E-state index is 10.6. The van der Waals surface area contributed by atoms with Crippen molar-refractivity contribution in [3.8, 4) is 5.75 Å². The number of para-hydroxylation sites is 1. The first-order chi connectivity index (χ1) is 5.83. The molecule has 4 nitrogen and oxygen atoms in total. The first kappa shape index (κ1) is 8.26. The Morgan fingerprint density at radius 3 is 2.58 bits per heavy atom. The Balaban J connectivity index is 2.52. The Morgan fingerprint density at radius 2 is 2.00 bits per heavy atom. The summed E-state index contributed by atoms with van der Waals surface area (Å²) in [6, 6.07) is 8.48. The van der Waals surface area contributed by atoms with Gasteiger partial charge in [-0.2, -0.15) is 0 Å². The fraction of sp³-hybridized carbons (Fsp3) is 0. The van der Waals surface area contributed by atoms with Gasteiger partial charge < -0.3 is 4.74 Å². The molecule has 0 radical (unpaired) electrons. The van der Waals surface area contributed by atoms with Crippen LogP contribution in [0, 0.1) is 0 Å². The van der Waals surface area contributed by atoms with E-state index in [4.69, 9.17) is 0 Å². The molecule has 1 rings (SSSR count). The molecule has 0 spiro atoms. The average molecular weight is 165 g/mol. The summed E-state index contributed by atoms with van der Waals surface area (Å²) in [5.74, 6) is 0.400. The number of hydrogen-bond donors (Lipinski definition) is 1. The van der Waals surface area contributed by atoms with Gasteiger partial charge in [-0.05, 0) is 12.1 Å².